The van der Waals surface area contributed by atoms with Crippen LogP contribution in [0.3, 0.4) is 0 Å². The molecule has 1 aromatic rings. The largest absolute Gasteiger partial charge is 0.453 e. The lowest BCUT2D eigenvalue weighted by Gasteiger charge is -2.14. The maximum atomic E-state index is 11.2. The van der Waals surface area contributed by atoms with Crippen molar-refractivity contribution in [3.8, 4) is 0 Å². The first kappa shape index (κ1) is 12.2. The third kappa shape index (κ3) is 3.73. The van der Waals surface area contributed by atoms with Crippen molar-refractivity contribution in [3.05, 3.63) is 42.8 Å². The Kier molecular flexibility index (Phi) is 4.51. The number of hydrogen-bond acceptors (Lipinski definition) is 3. The van der Waals surface area contributed by atoms with Crippen LogP contribution in [-0.4, -0.2) is 25.0 Å². The van der Waals surface area contributed by atoms with Gasteiger partial charge in [-0.25, -0.2) is 4.79 Å². The number of Topliss-reactive ketones (excluding diaryl/α,β-unsaturated/α-hetero) is 1. The van der Waals surface area contributed by atoms with Crippen molar-refractivity contribution in [1.29, 1.82) is 0 Å². The molecule has 85 valence electrons. The predicted octanol–water partition coefficient (Wildman–Crippen LogP) is 1.36. The first-order chi connectivity index (χ1) is 7.63. The van der Waals surface area contributed by atoms with E-state index in [1.54, 1.807) is 0 Å². The highest BCUT2D eigenvalue weighted by Gasteiger charge is 2.17. The maximum Gasteiger partial charge on any atom is 0.407 e. The molecular formula is C12H14NO3. The first-order valence-corrected chi connectivity index (χ1v) is 4.87. The predicted molar refractivity (Wildman–Crippen MR) is 59.8 cm³/mol. The van der Waals surface area contributed by atoms with Crippen LogP contribution in [0.25, 0.3) is 0 Å². The second kappa shape index (κ2) is 5.90. The van der Waals surface area contributed by atoms with Gasteiger partial charge in [0, 0.05) is 6.92 Å². The molecule has 1 aromatic carbocycles. The lowest BCUT2D eigenvalue weighted by Crippen LogP contribution is -2.41. The molecule has 1 amide bonds. The number of ketones is 1. The smallest absolute Gasteiger partial charge is 0.407 e. The van der Waals surface area contributed by atoms with Crippen molar-refractivity contribution < 1.29 is 14.3 Å². The highest BCUT2D eigenvalue weighted by molar-refractivity contribution is 5.90. The molecule has 1 N–H and O–H groups in total. The zero-order chi connectivity index (χ0) is 12.0. The molecule has 0 aliphatic heterocycles. The Labute approximate surface area is 94.6 Å². The lowest BCUT2D eigenvalue weighted by atomic mass is 10.0. The topological polar surface area (TPSA) is 55.4 Å². The minimum Gasteiger partial charge on any atom is -0.453 e. The molecular weight excluding hydrogens is 206 g/mol. The molecule has 4 nitrogen and oxygen atoms in total. The van der Waals surface area contributed by atoms with Crippen molar-refractivity contribution in [2.75, 3.05) is 7.11 Å². The number of alkyl carbamates (subject to hydrolysis) is 1. The van der Waals surface area contributed by atoms with Crippen LogP contribution in [0, 0.1) is 6.92 Å². The average Bonchev–Trinajstić information content (AvgIpc) is 2.29. The molecule has 16 heavy (non-hydrogen) atoms. The number of ether oxygens (including phenoxy) is 1. The van der Waals surface area contributed by atoms with Crippen LogP contribution in [0.1, 0.15) is 5.56 Å². The summed E-state index contributed by atoms with van der Waals surface area (Å²) in [6.45, 7) is 3.31. The zero-order valence-electron chi connectivity index (χ0n) is 9.10. The number of amides is 1. The van der Waals surface area contributed by atoms with Crippen molar-refractivity contribution >= 4 is 11.9 Å². The van der Waals surface area contributed by atoms with Gasteiger partial charge in [0.25, 0.3) is 0 Å². The Morgan fingerprint density at radius 3 is 2.50 bits per heavy atom. The van der Waals surface area contributed by atoms with E-state index < -0.39 is 12.1 Å². The molecule has 1 radical (unpaired) electrons. The van der Waals surface area contributed by atoms with E-state index >= 15 is 0 Å². The molecule has 0 saturated heterocycles. The summed E-state index contributed by atoms with van der Waals surface area (Å²) in [5.41, 5.74) is 0.959. The molecule has 0 aromatic heterocycles. The van der Waals surface area contributed by atoms with Crippen LogP contribution in [0.5, 0.6) is 0 Å². The first-order valence-electron chi connectivity index (χ1n) is 4.87. The molecule has 0 bridgehead atoms. The fourth-order valence-electron chi connectivity index (χ4n) is 1.30. The van der Waals surface area contributed by atoms with Crippen molar-refractivity contribution in [2.45, 2.75) is 12.5 Å². The van der Waals surface area contributed by atoms with Gasteiger partial charge >= 0.3 is 6.09 Å². The van der Waals surface area contributed by atoms with Crippen LogP contribution < -0.4 is 5.32 Å². The van der Waals surface area contributed by atoms with Gasteiger partial charge in [-0.1, -0.05) is 30.3 Å². The van der Waals surface area contributed by atoms with E-state index in [-0.39, 0.29) is 5.78 Å². The molecule has 0 saturated carbocycles. The normalized spacial score (nSPS) is 11.6. The van der Waals surface area contributed by atoms with Crippen molar-refractivity contribution in [3.63, 3.8) is 0 Å². The molecule has 0 fully saturated rings. The second-order valence-corrected chi connectivity index (χ2v) is 3.34. The van der Waals surface area contributed by atoms with E-state index in [0.29, 0.717) is 6.42 Å². The number of hydrogen-bond donors (Lipinski definition) is 1. The van der Waals surface area contributed by atoms with E-state index in [2.05, 4.69) is 17.0 Å². The summed E-state index contributed by atoms with van der Waals surface area (Å²) in [5, 5.41) is 2.44. The van der Waals surface area contributed by atoms with Gasteiger partial charge in [-0.3, -0.25) is 4.79 Å². The van der Waals surface area contributed by atoms with Gasteiger partial charge in [0.2, 0.25) is 0 Å². The van der Waals surface area contributed by atoms with Gasteiger partial charge in [-0.05, 0) is 12.0 Å². The molecule has 0 aliphatic carbocycles. The van der Waals surface area contributed by atoms with E-state index in [9.17, 15) is 9.59 Å². The number of methoxy groups -OCH3 is 1. The summed E-state index contributed by atoms with van der Waals surface area (Å²) in [5.74, 6) is -0.339. The third-order valence-corrected chi connectivity index (χ3v) is 2.15. The fourth-order valence-corrected chi connectivity index (χ4v) is 1.30. The Balaban J connectivity index is 2.65. The quantitative estimate of drug-likeness (QED) is 0.833. The minimum atomic E-state index is -0.644. The highest BCUT2D eigenvalue weighted by atomic mass is 16.5. The number of nitrogens with one attached hydrogen (secondary N) is 1. The Bertz CT molecular complexity index is 362. The average molecular weight is 220 g/mol. The van der Waals surface area contributed by atoms with Gasteiger partial charge in [0.1, 0.15) is 0 Å². The number of carbonyl (C=O) groups is 2. The molecule has 4 heteroatoms. The van der Waals surface area contributed by atoms with Crippen LogP contribution in [-0.2, 0) is 16.0 Å². The van der Waals surface area contributed by atoms with E-state index in [0.717, 1.165) is 5.56 Å². The van der Waals surface area contributed by atoms with Gasteiger partial charge in [-0.2, -0.15) is 0 Å². The van der Waals surface area contributed by atoms with Crippen LogP contribution in [0.4, 0.5) is 4.79 Å². The Morgan fingerprint density at radius 1 is 1.38 bits per heavy atom. The molecule has 0 heterocycles. The van der Waals surface area contributed by atoms with Crippen LogP contribution in [0.2, 0.25) is 0 Å². The summed E-state index contributed by atoms with van der Waals surface area (Å²) in [6.07, 6.45) is -0.212. The lowest BCUT2D eigenvalue weighted by molar-refractivity contribution is -0.116. The van der Waals surface area contributed by atoms with E-state index in [1.165, 1.54) is 7.11 Å². The Hall–Kier alpha value is -1.84. The Morgan fingerprint density at radius 2 is 2.00 bits per heavy atom. The van der Waals surface area contributed by atoms with Crippen molar-refractivity contribution in [1.82, 2.24) is 5.32 Å². The van der Waals surface area contributed by atoms with Gasteiger partial charge in [-0.15, -0.1) is 0 Å². The monoisotopic (exact) mass is 220 g/mol. The minimum absolute atomic E-state index is 0.339. The van der Waals surface area contributed by atoms with Gasteiger partial charge < -0.3 is 10.1 Å². The molecule has 0 unspecified atom stereocenters. The third-order valence-electron chi connectivity index (χ3n) is 2.15. The number of carbonyl (C=O) groups excluding carboxylic acids is 2. The van der Waals surface area contributed by atoms with Crippen LogP contribution in [0.15, 0.2) is 30.3 Å². The summed E-state index contributed by atoms with van der Waals surface area (Å²) < 4.78 is 4.44. The van der Waals surface area contributed by atoms with Gasteiger partial charge in [0.15, 0.2) is 5.78 Å². The molecule has 0 aliphatic rings. The maximum absolute atomic E-state index is 11.2. The summed E-state index contributed by atoms with van der Waals surface area (Å²) in [7, 11) is 1.25. The summed E-state index contributed by atoms with van der Waals surface area (Å²) in [4.78, 5) is 22.2. The summed E-state index contributed by atoms with van der Waals surface area (Å²) >= 11 is 0. The summed E-state index contributed by atoms with van der Waals surface area (Å²) in [6, 6.07) is 8.76. The van der Waals surface area contributed by atoms with Crippen LogP contribution >= 0.6 is 0 Å². The van der Waals surface area contributed by atoms with Crippen molar-refractivity contribution in [2.24, 2.45) is 0 Å². The zero-order valence-corrected chi connectivity index (χ0v) is 9.10. The second-order valence-electron chi connectivity index (χ2n) is 3.34. The van der Waals surface area contributed by atoms with E-state index in [4.69, 9.17) is 0 Å². The SMILES string of the molecule is [CH2]C(=O)[C@@H](Cc1ccccc1)NC(=O)OC. The van der Waals surface area contributed by atoms with Gasteiger partial charge in [0.05, 0.1) is 13.2 Å². The highest BCUT2D eigenvalue weighted by Crippen LogP contribution is 2.04. The molecule has 1 atom stereocenters. The number of rotatable bonds is 4. The number of benzene rings is 1. The molecule has 0 spiro atoms. The standard InChI is InChI=1S/C12H14NO3/c1-9(14)11(13-12(15)16-2)8-10-6-4-3-5-7-10/h3-7,11H,1,8H2,2H3,(H,13,15)/t11-/m1/s1. The molecule has 1 rings (SSSR count). The van der Waals surface area contributed by atoms with E-state index in [1.807, 2.05) is 30.3 Å². The fraction of sp³-hybridized carbons (Fsp3) is 0.250.